The van der Waals surface area contributed by atoms with E-state index in [-0.39, 0.29) is 58.5 Å². The zero-order chi connectivity index (χ0) is 30.3. The van der Waals surface area contributed by atoms with Gasteiger partial charge in [-0.1, -0.05) is 23.2 Å². The highest BCUT2D eigenvalue weighted by atomic mass is 35.5. The number of nitrogens with zero attached hydrogens (tertiary/aromatic N) is 3. The van der Waals surface area contributed by atoms with E-state index in [1.165, 1.54) is 18.2 Å². The van der Waals surface area contributed by atoms with Crippen molar-refractivity contribution < 1.29 is 32.7 Å². The van der Waals surface area contributed by atoms with Crippen LogP contribution in [-0.2, 0) is 29.2 Å². The summed E-state index contributed by atoms with van der Waals surface area (Å²) in [5, 5.41) is 15.3. The number of amides is 3. The summed E-state index contributed by atoms with van der Waals surface area (Å²) in [5.74, 6) is -2.07. The molecule has 0 aromatic heterocycles. The topological polar surface area (TPSA) is 156 Å². The van der Waals surface area contributed by atoms with Gasteiger partial charge < -0.3 is 25.5 Å². The van der Waals surface area contributed by atoms with Crippen molar-refractivity contribution in [3.8, 4) is 0 Å². The molecule has 3 rings (SSSR count). The van der Waals surface area contributed by atoms with E-state index >= 15 is 0 Å². The SMILES string of the molecule is CN(C)CC(=O)NCC1CCN(C(=O)CCC(NC(=O)[C@@H]2CCCN2S(=O)(=O)c2cc(Cl)cc(Cl)c2)C(=O)O)CC1. The average molecular weight is 635 g/mol. The van der Waals surface area contributed by atoms with Gasteiger partial charge in [0.25, 0.3) is 0 Å². The van der Waals surface area contributed by atoms with E-state index in [0.29, 0.717) is 32.6 Å². The Bertz CT molecular complexity index is 1220. The summed E-state index contributed by atoms with van der Waals surface area (Å²) in [5.41, 5.74) is 0. The zero-order valence-electron chi connectivity index (χ0n) is 23.1. The third-order valence-electron chi connectivity index (χ3n) is 7.23. The number of carboxylic acid groups (broad SMARTS) is 1. The summed E-state index contributed by atoms with van der Waals surface area (Å²) < 4.78 is 27.5. The molecule has 2 aliphatic rings. The van der Waals surface area contributed by atoms with Crippen LogP contribution in [0.3, 0.4) is 0 Å². The standard InChI is InChI=1S/C26H37Cl2N5O7S/c1-31(2)16-23(34)29-15-17-7-10-32(11-8-17)24(35)6-5-21(26(37)38)30-25(36)22-4-3-9-33(22)41(39,40)20-13-18(27)12-19(28)14-20/h12-14,17,21-22H,3-11,15-16H2,1-2H3,(H,29,34)(H,30,36)(H,37,38)/t21?,22-/m0/s1. The van der Waals surface area contributed by atoms with Gasteiger partial charge in [-0.2, -0.15) is 4.31 Å². The summed E-state index contributed by atoms with van der Waals surface area (Å²) in [6.07, 6.45) is 1.85. The van der Waals surface area contributed by atoms with E-state index in [4.69, 9.17) is 23.2 Å². The van der Waals surface area contributed by atoms with Crippen LogP contribution in [0.5, 0.6) is 0 Å². The normalized spacial score (nSPS) is 19.2. The summed E-state index contributed by atoms with van der Waals surface area (Å²) >= 11 is 11.9. The van der Waals surface area contributed by atoms with Gasteiger partial charge in [0.2, 0.25) is 27.7 Å². The lowest BCUT2D eigenvalue weighted by atomic mass is 9.96. The number of hydrogen-bond donors (Lipinski definition) is 3. The number of piperidine rings is 1. The fourth-order valence-electron chi connectivity index (χ4n) is 5.04. The summed E-state index contributed by atoms with van der Waals surface area (Å²) in [6.45, 7) is 1.93. The van der Waals surface area contributed by atoms with Crippen LogP contribution in [-0.4, -0.2) is 110 Å². The number of hydrogen-bond acceptors (Lipinski definition) is 7. The predicted molar refractivity (Wildman–Crippen MR) is 153 cm³/mol. The lowest BCUT2D eigenvalue weighted by Gasteiger charge is -2.32. The number of carbonyl (C=O) groups excluding carboxylic acids is 3. The van der Waals surface area contributed by atoms with Gasteiger partial charge in [0, 0.05) is 42.6 Å². The number of sulfonamides is 1. The molecule has 2 saturated heterocycles. The molecular weight excluding hydrogens is 597 g/mol. The zero-order valence-corrected chi connectivity index (χ0v) is 25.5. The fraction of sp³-hybridized carbons (Fsp3) is 0.615. The van der Waals surface area contributed by atoms with Crippen molar-refractivity contribution in [1.29, 1.82) is 0 Å². The molecule has 2 aliphatic heterocycles. The van der Waals surface area contributed by atoms with Crippen molar-refractivity contribution >= 4 is 56.9 Å². The van der Waals surface area contributed by atoms with Gasteiger partial charge in [-0.3, -0.25) is 14.4 Å². The third kappa shape index (κ3) is 9.27. The van der Waals surface area contributed by atoms with Crippen LogP contribution in [0.4, 0.5) is 0 Å². The Morgan fingerprint density at radius 1 is 1.05 bits per heavy atom. The van der Waals surface area contributed by atoms with Gasteiger partial charge in [-0.25, -0.2) is 13.2 Å². The molecule has 0 aliphatic carbocycles. The molecule has 2 heterocycles. The van der Waals surface area contributed by atoms with Crippen LogP contribution in [0.15, 0.2) is 23.1 Å². The summed E-state index contributed by atoms with van der Waals surface area (Å²) in [4.78, 5) is 52.9. The number of aliphatic carboxylic acids is 1. The molecule has 0 radical (unpaired) electrons. The minimum absolute atomic E-state index is 0.0533. The number of benzene rings is 1. The lowest BCUT2D eigenvalue weighted by molar-refractivity contribution is -0.143. The molecule has 1 aromatic rings. The van der Waals surface area contributed by atoms with Gasteiger partial charge in [0.15, 0.2) is 0 Å². The molecule has 2 atom stereocenters. The Kier molecular flexibility index (Phi) is 11.8. The highest BCUT2D eigenvalue weighted by Crippen LogP contribution is 2.30. The first-order valence-corrected chi connectivity index (χ1v) is 15.7. The number of likely N-dealkylation sites (N-methyl/N-ethyl adjacent to an activating group) is 1. The second kappa shape index (κ2) is 14.6. The van der Waals surface area contributed by atoms with E-state index in [1.54, 1.807) is 9.80 Å². The van der Waals surface area contributed by atoms with Crippen molar-refractivity contribution in [3.63, 3.8) is 0 Å². The first-order chi connectivity index (χ1) is 19.3. The van der Waals surface area contributed by atoms with E-state index in [1.807, 2.05) is 14.1 Å². The molecule has 41 heavy (non-hydrogen) atoms. The molecule has 0 bridgehead atoms. The van der Waals surface area contributed by atoms with Crippen LogP contribution in [0.25, 0.3) is 0 Å². The Labute approximate surface area is 250 Å². The molecule has 3 N–H and O–H groups in total. The number of likely N-dealkylation sites (tertiary alicyclic amines) is 1. The Balaban J connectivity index is 1.52. The van der Waals surface area contributed by atoms with Crippen molar-refractivity contribution in [1.82, 2.24) is 24.7 Å². The number of rotatable bonds is 12. The van der Waals surface area contributed by atoms with Crippen LogP contribution in [0.1, 0.15) is 38.5 Å². The van der Waals surface area contributed by atoms with Crippen LogP contribution in [0, 0.1) is 5.92 Å². The van der Waals surface area contributed by atoms with Crippen LogP contribution in [0.2, 0.25) is 10.0 Å². The van der Waals surface area contributed by atoms with E-state index in [2.05, 4.69) is 10.6 Å². The quantitative estimate of drug-likeness (QED) is 0.312. The number of carboxylic acids is 1. The van der Waals surface area contributed by atoms with Gasteiger partial charge in [0.1, 0.15) is 12.1 Å². The first kappa shape index (κ1) is 33.1. The molecule has 12 nitrogen and oxygen atoms in total. The molecule has 0 spiro atoms. The van der Waals surface area contributed by atoms with Gasteiger partial charge in [-0.05, 0) is 70.3 Å². The van der Waals surface area contributed by atoms with Crippen molar-refractivity contribution in [2.75, 3.05) is 46.8 Å². The lowest BCUT2D eigenvalue weighted by Crippen LogP contribution is -2.51. The van der Waals surface area contributed by atoms with Crippen LogP contribution >= 0.6 is 23.2 Å². The third-order valence-corrected chi connectivity index (χ3v) is 9.55. The Morgan fingerprint density at radius 3 is 2.27 bits per heavy atom. The second-order valence-electron chi connectivity index (χ2n) is 10.7. The summed E-state index contributed by atoms with van der Waals surface area (Å²) in [7, 11) is -0.490. The predicted octanol–water partition coefficient (Wildman–Crippen LogP) is 1.41. The van der Waals surface area contributed by atoms with Crippen LogP contribution < -0.4 is 10.6 Å². The molecule has 228 valence electrons. The van der Waals surface area contributed by atoms with E-state index in [0.717, 1.165) is 17.1 Å². The Morgan fingerprint density at radius 2 is 1.68 bits per heavy atom. The van der Waals surface area contributed by atoms with Crippen molar-refractivity contribution in [2.45, 2.75) is 55.5 Å². The molecule has 1 unspecified atom stereocenters. The highest BCUT2D eigenvalue weighted by molar-refractivity contribution is 7.89. The highest BCUT2D eigenvalue weighted by Gasteiger charge is 2.41. The molecule has 2 fully saturated rings. The summed E-state index contributed by atoms with van der Waals surface area (Å²) in [6, 6.07) is 1.41. The van der Waals surface area contributed by atoms with Gasteiger partial charge in [-0.15, -0.1) is 0 Å². The Hall–Kier alpha value is -2.45. The maximum atomic E-state index is 13.2. The largest absolute Gasteiger partial charge is 0.480 e. The maximum absolute atomic E-state index is 13.2. The fourth-order valence-corrected chi connectivity index (χ4v) is 7.43. The van der Waals surface area contributed by atoms with Gasteiger partial charge >= 0.3 is 5.97 Å². The van der Waals surface area contributed by atoms with Crippen molar-refractivity contribution in [2.24, 2.45) is 5.92 Å². The molecule has 15 heteroatoms. The molecule has 1 aromatic carbocycles. The number of halogens is 2. The van der Waals surface area contributed by atoms with E-state index in [9.17, 15) is 32.7 Å². The smallest absolute Gasteiger partial charge is 0.326 e. The van der Waals surface area contributed by atoms with Crippen molar-refractivity contribution in [3.05, 3.63) is 28.2 Å². The van der Waals surface area contributed by atoms with E-state index < -0.39 is 34.0 Å². The molecular formula is C26H37Cl2N5O7S. The first-order valence-electron chi connectivity index (χ1n) is 13.5. The average Bonchev–Trinajstić information content (AvgIpc) is 3.40. The molecule has 3 amide bonds. The monoisotopic (exact) mass is 633 g/mol. The maximum Gasteiger partial charge on any atom is 0.326 e. The minimum Gasteiger partial charge on any atom is -0.480 e. The minimum atomic E-state index is -4.12. The molecule has 0 saturated carbocycles. The number of carbonyl (C=O) groups is 4. The second-order valence-corrected chi connectivity index (χ2v) is 13.4. The number of nitrogens with one attached hydrogen (secondary N) is 2. The van der Waals surface area contributed by atoms with Gasteiger partial charge in [0.05, 0.1) is 11.4 Å².